The van der Waals surface area contributed by atoms with Crippen molar-refractivity contribution in [3.63, 3.8) is 0 Å². The highest BCUT2D eigenvalue weighted by atomic mass is 32.2. The number of hydrogen-bond donors (Lipinski definition) is 1. The van der Waals surface area contributed by atoms with Crippen molar-refractivity contribution in [2.75, 3.05) is 24.4 Å². The molecule has 64 valence electrons. The summed E-state index contributed by atoms with van der Waals surface area (Å²) in [6.45, 7) is 1.12. The molecular formula is C10H14NS+. The molecule has 1 unspecified atom stereocenters. The average molecular weight is 180 g/mol. The molecule has 1 aromatic rings. The van der Waals surface area contributed by atoms with E-state index in [1.807, 2.05) is 0 Å². The molecule has 2 heteroatoms. The maximum absolute atomic E-state index is 3.44. The van der Waals surface area contributed by atoms with E-state index in [-0.39, 0.29) is 0 Å². The first-order chi connectivity index (χ1) is 5.79. The number of benzene rings is 1. The molecule has 0 aliphatic carbocycles. The summed E-state index contributed by atoms with van der Waals surface area (Å²) in [5.74, 6) is 0. The monoisotopic (exact) mass is 180 g/mol. The molecule has 1 atom stereocenters. The van der Waals surface area contributed by atoms with Gasteiger partial charge in [0.15, 0.2) is 5.25 Å². The summed E-state index contributed by atoms with van der Waals surface area (Å²) in [4.78, 5) is 0. The molecule has 0 bridgehead atoms. The number of hydrogen-bond acceptors (Lipinski definition) is 1. The molecule has 1 nitrogen and oxygen atoms in total. The zero-order valence-corrected chi connectivity index (χ0v) is 8.32. The molecule has 0 fully saturated rings. The second kappa shape index (κ2) is 3.02. The quantitative estimate of drug-likeness (QED) is 0.652. The summed E-state index contributed by atoms with van der Waals surface area (Å²) in [6.07, 6.45) is 4.63. The summed E-state index contributed by atoms with van der Waals surface area (Å²) in [6, 6.07) is 8.64. The van der Waals surface area contributed by atoms with Crippen LogP contribution in [0.2, 0.25) is 0 Å². The lowest BCUT2D eigenvalue weighted by molar-refractivity contribution is 1.06. The Hall–Kier alpha value is -0.630. The van der Waals surface area contributed by atoms with E-state index in [4.69, 9.17) is 0 Å². The third-order valence-corrected chi connectivity index (χ3v) is 3.91. The number of para-hydroxylation sites is 1. The first-order valence-electron chi connectivity index (χ1n) is 4.18. The van der Waals surface area contributed by atoms with E-state index < -0.39 is 0 Å². The molecule has 0 saturated carbocycles. The maximum atomic E-state index is 3.44. The summed E-state index contributed by atoms with van der Waals surface area (Å²) in [5, 5.41) is 4.18. The highest BCUT2D eigenvalue weighted by Crippen LogP contribution is 2.34. The summed E-state index contributed by atoms with van der Waals surface area (Å²) < 4.78 is 0. The molecule has 0 radical (unpaired) electrons. The van der Waals surface area contributed by atoms with Crippen LogP contribution in [-0.2, 0) is 10.9 Å². The molecular weight excluding hydrogens is 166 g/mol. The lowest BCUT2D eigenvalue weighted by atomic mass is 10.2. The predicted octanol–water partition coefficient (Wildman–Crippen LogP) is 2.03. The van der Waals surface area contributed by atoms with Gasteiger partial charge in [-0.25, -0.2) is 0 Å². The standard InChI is InChI=1S/C10H14NS/c1-12(2)10-7-11-9-6-4-3-5-8(9)10/h3-6,10-11H,7H2,1-2H3/q+1. The number of rotatable bonds is 1. The van der Waals surface area contributed by atoms with Crippen molar-refractivity contribution in [1.29, 1.82) is 0 Å². The third kappa shape index (κ3) is 1.20. The summed E-state index contributed by atoms with van der Waals surface area (Å²) in [7, 11) is 0.485. The SMILES string of the molecule is C[S+](C)C1CNc2ccccc21. The van der Waals surface area contributed by atoms with Crippen LogP contribution in [0.1, 0.15) is 10.8 Å². The fraction of sp³-hybridized carbons (Fsp3) is 0.400. The van der Waals surface area contributed by atoms with E-state index in [1.165, 1.54) is 11.3 Å². The van der Waals surface area contributed by atoms with E-state index >= 15 is 0 Å². The Morgan fingerprint density at radius 2 is 2.08 bits per heavy atom. The largest absolute Gasteiger partial charge is 0.379 e. The van der Waals surface area contributed by atoms with Crippen LogP contribution in [-0.4, -0.2) is 19.1 Å². The lowest BCUT2D eigenvalue weighted by Gasteiger charge is -2.05. The molecule has 1 aliphatic heterocycles. The molecule has 0 aromatic heterocycles. The second-order valence-corrected chi connectivity index (χ2v) is 5.66. The van der Waals surface area contributed by atoms with Crippen molar-refractivity contribution < 1.29 is 0 Å². The molecule has 2 rings (SSSR count). The van der Waals surface area contributed by atoms with Gasteiger partial charge >= 0.3 is 0 Å². The Kier molecular flexibility index (Phi) is 2.01. The Morgan fingerprint density at radius 3 is 2.83 bits per heavy atom. The van der Waals surface area contributed by atoms with Crippen LogP contribution in [0.15, 0.2) is 24.3 Å². The van der Waals surface area contributed by atoms with E-state index in [2.05, 4.69) is 42.1 Å². The van der Waals surface area contributed by atoms with Crippen molar-refractivity contribution in [3.8, 4) is 0 Å². The Balaban J connectivity index is 2.36. The van der Waals surface area contributed by atoms with Gasteiger partial charge in [0.2, 0.25) is 0 Å². The zero-order valence-electron chi connectivity index (χ0n) is 7.50. The van der Waals surface area contributed by atoms with Crippen LogP contribution < -0.4 is 5.32 Å². The minimum atomic E-state index is 0.485. The third-order valence-electron chi connectivity index (χ3n) is 2.35. The molecule has 1 aliphatic rings. The molecule has 0 saturated heterocycles. The van der Waals surface area contributed by atoms with Gasteiger partial charge in [-0.1, -0.05) is 18.2 Å². The number of fused-ring (bicyclic) bond motifs is 1. The first-order valence-corrected chi connectivity index (χ1v) is 6.28. The summed E-state index contributed by atoms with van der Waals surface area (Å²) >= 11 is 0. The fourth-order valence-electron chi connectivity index (χ4n) is 1.67. The van der Waals surface area contributed by atoms with Gasteiger partial charge in [0.05, 0.1) is 19.1 Å². The maximum Gasteiger partial charge on any atom is 0.161 e. The predicted molar refractivity (Wildman–Crippen MR) is 56.9 cm³/mol. The van der Waals surface area contributed by atoms with Crippen molar-refractivity contribution in [2.45, 2.75) is 5.25 Å². The minimum Gasteiger partial charge on any atom is -0.379 e. The van der Waals surface area contributed by atoms with Crippen LogP contribution >= 0.6 is 0 Å². The van der Waals surface area contributed by atoms with Crippen LogP contribution in [0.5, 0.6) is 0 Å². The van der Waals surface area contributed by atoms with Crippen LogP contribution in [0.25, 0.3) is 0 Å². The van der Waals surface area contributed by atoms with Gasteiger partial charge in [-0.05, 0) is 17.0 Å². The Labute approximate surface area is 76.5 Å². The fourth-order valence-corrected chi connectivity index (χ4v) is 2.80. The summed E-state index contributed by atoms with van der Waals surface area (Å²) in [5.41, 5.74) is 2.84. The van der Waals surface area contributed by atoms with Crippen molar-refractivity contribution >= 4 is 16.6 Å². The van der Waals surface area contributed by atoms with Gasteiger partial charge in [0.1, 0.15) is 0 Å². The second-order valence-electron chi connectivity index (χ2n) is 3.34. The van der Waals surface area contributed by atoms with E-state index in [9.17, 15) is 0 Å². The van der Waals surface area contributed by atoms with Gasteiger partial charge in [0, 0.05) is 11.3 Å². The molecule has 1 heterocycles. The first kappa shape index (κ1) is 7.99. The van der Waals surface area contributed by atoms with E-state index in [1.54, 1.807) is 0 Å². The van der Waals surface area contributed by atoms with Crippen molar-refractivity contribution in [1.82, 2.24) is 0 Å². The number of nitrogens with one attached hydrogen (secondary N) is 1. The van der Waals surface area contributed by atoms with Gasteiger partial charge in [-0.15, -0.1) is 0 Å². The molecule has 0 spiro atoms. The van der Waals surface area contributed by atoms with Gasteiger partial charge < -0.3 is 5.32 Å². The van der Waals surface area contributed by atoms with Crippen LogP contribution in [0.3, 0.4) is 0 Å². The van der Waals surface area contributed by atoms with E-state index in [0.717, 1.165) is 11.8 Å². The highest BCUT2D eigenvalue weighted by Gasteiger charge is 2.30. The molecule has 12 heavy (non-hydrogen) atoms. The number of anilines is 1. The van der Waals surface area contributed by atoms with Crippen LogP contribution in [0.4, 0.5) is 5.69 Å². The van der Waals surface area contributed by atoms with E-state index in [0.29, 0.717) is 10.9 Å². The minimum absolute atomic E-state index is 0.485. The normalized spacial score (nSPS) is 20.8. The van der Waals surface area contributed by atoms with Crippen LogP contribution in [0, 0.1) is 0 Å². The molecule has 1 aromatic carbocycles. The average Bonchev–Trinajstić information content (AvgIpc) is 2.47. The Morgan fingerprint density at radius 1 is 1.33 bits per heavy atom. The van der Waals surface area contributed by atoms with Gasteiger partial charge in [-0.2, -0.15) is 0 Å². The topological polar surface area (TPSA) is 12.0 Å². The lowest BCUT2D eigenvalue weighted by Crippen LogP contribution is -2.12. The van der Waals surface area contributed by atoms with Crippen molar-refractivity contribution in [2.24, 2.45) is 0 Å². The van der Waals surface area contributed by atoms with Gasteiger partial charge in [0.25, 0.3) is 0 Å². The smallest absolute Gasteiger partial charge is 0.161 e. The molecule has 0 amide bonds. The van der Waals surface area contributed by atoms with Crippen molar-refractivity contribution in [3.05, 3.63) is 29.8 Å². The molecule has 1 N–H and O–H groups in total. The highest BCUT2D eigenvalue weighted by molar-refractivity contribution is 7.95. The Bertz CT molecular complexity index is 283. The van der Waals surface area contributed by atoms with Gasteiger partial charge in [-0.3, -0.25) is 0 Å². The zero-order chi connectivity index (χ0) is 8.55.